The number of aliphatic hydroxyl groups excluding tert-OH is 1. The van der Waals surface area contributed by atoms with Crippen LogP contribution in [0, 0.1) is 6.92 Å². The topological polar surface area (TPSA) is 99.4 Å². The molecule has 0 spiro atoms. The van der Waals surface area contributed by atoms with Crippen LogP contribution in [-0.4, -0.2) is 38.2 Å². The lowest BCUT2D eigenvalue weighted by atomic mass is 9.99. The number of imidazole rings is 1. The van der Waals surface area contributed by atoms with Crippen LogP contribution in [0.2, 0.25) is 0 Å². The van der Waals surface area contributed by atoms with Crippen LogP contribution >= 0.6 is 0 Å². The Morgan fingerprint density at radius 1 is 1.25 bits per heavy atom. The molecule has 1 atom stereocenters. The summed E-state index contributed by atoms with van der Waals surface area (Å²) in [5.41, 5.74) is 2.39. The van der Waals surface area contributed by atoms with Gasteiger partial charge in [0.2, 0.25) is 0 Å². The molecule has 0 aliphatic carbocycles. The van der Waals surface area contributed by atoms with Crippen molar-refractivity contribution in [3.63, 3.8) is 0 Å². The van der Waals surface area contributed by atoms with E-state index in [1.807, 2.05) is 19.1 Å². The van der Waals surface area contributed by atoms with E-state index in [1.54, 1.807) is 36.8 Å². The number of aromatic amines is 1. The Kier molecular flexibility index (Phi) is 4.57. The third-order valence-electron chi connectivity index (χ3n) is 4.85. The van der Waals surface area contributed by atoms with Crippen LogP contribution in [0.4, 0.5) is 0 Å². The fraction of sp³-hybridized carbons (Fsp3) is 0.190. The van der Waals surface area contributed by atoms with Crippen molar-refractivity contribution in [2.24, 2.45) is 0 Å². The van der Waals surface area contributed by atoms with Gasteiger partial charge in [0, 0.05) is 30.4 Å². The number of aryl methyl sites for hydroxylation is 1. The van der Waals surface area contributed by atoms with Crippen LogP contribution < -0.4 is 0 Å². The number of furan rings is 1. The predicted molar refractivity (Wildman–Crippen MR) is 101 cm³/mol. The van der Waals surface area contributed by atoms with Crippen LogP contribution in [0.1, 0.15) is 28.6 Å². The van der Waals surface area contributed by atoms with E-state index in [0.717, 1.165) is 11.3 Å². The summed E-state index contributed by atoms with van der Waals surface area (Å²) in [6, 6.07) is 9.73. The molecule has 0 bridgehead atoms. The number of hydrogen-bond donors (Lipinski definition) is 2. The molecule has 1 unspecified atom stereocenters. The lowest BCUT2D eigenvalue weighted by Gasteiger charge is -2.23. The van der Waals surface area contributed by atoms with Gasteiger partial charge in [0.1, 0.15) is 17.6 Å². The largest absolute Gasteiger partial charge is 0.507 e. The van der Waals surface area contributed by atoms with E-state index in [1.165, 1.54) is 11.2 Å². The van der Waals surface area contributed by atoms with Crippen molar-refractivity contribution < 1.29 is 19.1 Å². The zero-order valence-electron chi connectivity index (χ0n) is 15.3. The van der Waals surface area contributed by atoms with E-state index in [-0.39, 0.29) is 17.9 Å². The molecule has 2 N–H and O–H groups in total. The van der Waals surface area contributed by atoms with Crippen molar-refractivity contribution in [2.75, 3.05) is 6.54 Å². The number of likely N-dealkylation sites (tertiary alicyclic amines) is 1. The molecule has 4 rings (SSSR count). The summed E-state index contributed by atoms with van der Waals surface area (Å²) < 4.78 is 5.51. The van der Waals surface area contributed by atoms with Crippen molar-refractivity contribution in [3.8, 4) is 0 Å². The molecule has 2 aromatic heterocycles. The number of Topliss-reactive ketones (excluding diaryl/α,β-unsaturated/α-hetero) is 1. The molecule has 1 saturated heterocycles. The second-order valence-corrected chi connectivity index (χ2v) is 6.70. The smallest absolute Gasteiger partial charge is 0.295 e. The van der Waals surface area contributed by atoms with Gasteiger partial charge in [-0.1, -0.05) is 29.8 Å². The Morgan fingerprint density at radius 2 is 2.04 bits per heavy atom. The van der Waals surface area contributed by atoms with Crippen LogP contribution in [0.25, 0.3) is 5.76 Å². The van der Waals surface area contributed by atoms with Crippen LogP contribution in [-0.2, 0) is 16.0 Å². The van der Waals surface area contributed by atoms with Crippen molar-refractivity contribution in [1.29, 1.82) is 0 Å². The average molecular weight is 377 g/mol. The molecule has 1 aromatic carbocycles. The SMILES string of the molecule is Cc1ccc(C(O)=C2C(=O)C(=O)N(CCc3cnc[nH]3)C2c2ccco2)cc1. The average Bonchev–Trinajstić information content (AvgIpc) is 3.43. The van der Waals surface area contributed by atoms with Gasteiger partial charge in [-0.05, 0) is 19.1 Å². The molecule has 1 amide bonds. The first kappa shape index (κ1) is 17.8. The number of nitrogens with zero attached hydrogens (tertiary/aromatic N) is 2. The number of carbonyl (C=O) groups is 2. The number of carbonyl (C=O) groups excluding carboxylic acids is 2. The summed E-state index contributed by atoms with van der Waals surface area (Å²) in [6.07, 6.45) is 5.21. The molecule has 1 aliphatic heterocycles. The van der Waals surface area contributed by atoms with Gasteiger partial charge in [0.05, 0.1) is 18.2 Å². The summed E-state index contributed by atoms with van der Waals surface area (Å²) in [5, 5.41) is 10.9. The molecule has 0 saturated carbocycles. The summed E-state index contributed by atoms with van der Waals surface area (Å²) in [6.45, 7) is 2.21. The second-order valence-electron chi connectivity index (χ2n) is 6.70. The quantitative estimate of drug-likeness (QED) is 0.405. The number of rotatable bonds is 5. The van der Waals surface area contributed by atoms with Crippen LogP contribution in [0.5, 0.6) is 0 Å². The van der Waals surface area contributed by atoms with E-state index in [4.69, 9.17) is 4.42 Å². The summed E-state index contributed by atoms with van der Waals surface area (Å²) in [7, 11) is 0. The Bertz CT molecular complexity index is 1020. The van der Waals surface area contributed by atoms with E-state index >= 15 is 0 Å². The number of nitrogens with one attached hydrogen (secondary N) is 1. The highest BCUT2D eigenvalue weighted by Gasteiger charge is 2.47. The zero-order valence-corrected chi connectivity index (χ0v) is 15.3. The van der Waals surface area contributed by atoms with E-state index in [9.17, 15) is 14.7 Å². The Morgan fingerprint density at radius 3 is 2.68 bits per heavy atom. The second kappa shape index (κ2) is 7.19. The fourth-order valence-corrected chi connectivity index (χ4v) is 3.38. The number of H-pyrrole nitrogens is 1. The van der Waals surface area contributed by atoms with E-state index in [2.05, 4.69) is 9.97 Å². The number of ketones is 1. The van der Waals surface area contributed by atoms with Crippen LogP contribution in [0.3, 0.4) is 0 Å². The molecule has 1 fully saturated rings. The molecule has 7 heteroatoms. The van der Waals surface area contributed by atoms with Gasteiger partial charge in [0.15, 0.2) is 0 Å². The molecule has 28 heavy (non-hydrogen) atoms. The predicted octanol–water partition coefficient (Wildman–Crippen LogP) is 2.98. The van der Waals surface area contributed by atoms with Gasteiger partial charge in [-0.15, -0.1) is 0 Å². The Balaban J connectivity index is 1.76. The van der Waals surface area contributed by atoms with Crippen molar-refractivity contribution in [3.05, 3.63) is 83.3 Å². The Hall–Kier alpha value is -3.61. The van der Waals surface area contributed by atoms with Gasteiger partial charge < -0.3 is 19.4 Å². The minimum absolute atomic E-state index is 0.0356. The van der Waals surface area contributed by atoms with Crippen molar-refractivity contribution in [2.45, 2.75) is 19.4 Å². The van der Waals surface area contributed by atoms with Crippen molar-refractivity contribution in [1.82, 2.24) is 14.9 Å². The molecule has 3 aromatic rings. The first-order chi connectivity index (χ1) is 13.6. The number of aliphatic hydroxyl groups is 1. The minimum atomic E-state index is -0.778. The van der Waals surface area contributed by atoms with E-state index < -0.39 is 17.7 Å². The number of benzene rings is 1. The number of hydrogen-bond acceptors (Lipinski definition) is 5. The molecule has 142 valence electrons. The molecular weight excluding hydrogens is 358 g/mol. The highest BCUT2D eigenvalue weighted by atomic mass is 16.3. The minimum Gasteiger partial charge on any atom is -0.507 e. The normalized spacial score (nSPS) is 18.8. The van der Waals surface area contributed by atoms with Crippen LogP contribution in [0.15, 0.2) is 65.2 Å². The first-order valence-corrected chi connectivity index (χ1v) is 8.92. The maximum Gasteiger partial charge on any atom is 0.295 e. The monoisotopic (exact) mass is 377 g/mol. The summed E-state index contributed by atoms with van der Waals surface area (Å²) >= 11 is 0. The summed E-state index contributed by atoms with van der Waals surface area (Å²) in [5.74, 6) is -1.15. The third-order valence-corrected chi connectivity index (χ3v) is 4.85. The number of aromatic nitrogens is 2. The molecule has 7 nitrogen and oxygen atoms in total. The van der Waals surface area contributed by atoms with Crippen molar-refractivity contribution >= 4 is 17.4 Å². The van der Waals surface area contributed by atoms with Gasteiger partial charge in [0.25, 0.3) is 11.7 Å². The molecule has 0 radical (unpaired) electrons. The lowest BCUT2D eigenvalue weighted by molar-refractivity contribution is -0.140. The Labute approximate surface area is 161 Å². The van der Waals surface area contributed by atoms with Gasteiger partial charge in [-0.3, -0.25) is 9.59 Å². The standard InChI is InChI=1S/C21H19N3O4/c1-13-4-6-14(7-5-13)19(25)17-18(16-3-2-10-28-16)24(21(27)20(17)26)9-8-15-11-22-12-23-15/h2-7,10-12,18,25H,8-9H2,1H3,(H,22,23). The first-order valence-electron chi connectivity index (χ1n) is 8.92. The zero-order chi connectivity index (χ0) is 19.7. The molecule has 3 heterocycles. The van der Waals surface area contributed by atoms with Gasteiger partial charge in [-0.25, -0.2) is 4.98 Å². The maximum atomic E-state index is 12.8. The maximum absolute atomic E-state index is 12.8. The highest BCUT2D eigenvalue weighted by molar-refractivity contribution is 6.46. The number of amides is 1. The fourth-order valence-electron chi connectivity index (χ4n) is 3.38. The highest BCUT2D eigenvalue weighted by Crippen LogP contribution is 2.39. The molecular formula is C21H19N3O4. The van der Waals surface area contributed by atoms with Gasteiger partial charge in [-0.2, -0.15) is 0 Å². The van der Waals surface area contributed by atoms with Gasteiger partial charge >= 0.3 is 0 Å². The molecule has 1 aliphatic rings. The lowest BCUT2D eigenvalue weighted by Crippen LogP contribution is -2.31. The summed E-state index contributed by atoms with van der Waals surface area (Å²) in [4.78, 5) is 33.9. The third kappa shape index (κ3) is 3.11. The van der Waals surface area contributed by atoms with E-state index in [0.29, 0.717) is 17.7 Å².